The van der Waals surface area contributed by atoms with Crippen molar-refractivity contribution in [1.29, 1.82) is 0 Å². The fourth-order valence-corrected chi connectivity index (χ4v) is 3.33. The van der Waals surface area contributed by atoms with Crippen LogP contribution in [0.25, 0.3) is 0 Å². The summed E-state index contributed by atoms with van der Waals surface area (Å²) in [5.74, 6) is 1.35. The number of tetrazole rings is 1. The van der Waals surface area contributed by atoms with Gasteiger partial charge in [0.25, 0.3) is 5.91 Å². The van der Waals surface area contributed by atoms with E-state index in [2.05, 4.69) is 25.6 Å². The lowest BCUT2D eigenvalue weighted by atomic mass is 9.91. The highest BCUT2D eigenvalue weighted by molar-refractivity contribution is 5.97. The Labute approximate surface area is 139 Å². The van der Waals surface area contributed by atoms with Crippen molar-refractivity contribution >= 4 is 5.91 Å². The largest absolute Gasteiger partial charge is 0.485 e. The second-order valence-corrected chi connectivity index (χ2v) is 6.44. The van der Waals surface area contributed by atoms with Gasteiger partial charge in [0.1, 0.15) is 11.4 Å². The van der Waals surface area contributed by atoms with Crippen LogP contribution in [-0.4, -0.2) is 56.2 Å². The Bertz CT molecular complexity index is 751. The van der Waals surface area contributed by atoms with Crippen LogP contribution in [0.3, 0.4) is 0 Å². The van der Waals surface area contributed by atoms with Crippen LogP contribution in [-0.2, 0) is 13.6 Å². The summed E-state index contributed by atoms with van der Waals surface area (Å²) in [6.45, 7) is 2.97. The molecule has 126 valence electrons. The number of hydrogen-bond acceptors (Lipinski definition) is 6. The molecule has 1 N–H and O–H groups in total. The van der Waals surface area contributed by atoms with Crippen LogP contribution in [0.1, 0.15) is 29.0 Å². The van der Waals surface area contributed by atoms with E-state index < -0.39 is 0 Å². The molecule has 2 aromatic rings. The molecule has 0 aliphatic carbocycles. The van der Waals surface area contributed by atoms with Crippen LogP contribution in [0.15, 0.2) is 24.3 Å². The minimum atomic E-state index is -0.339. The van der Waals surface area contributed by atoms with E-state index in [1.807, 2.05) is 18.2 Å². The maximum atomic E-state index is 12.2. The van der Waals surface area contributed by atoms with Gasteiger partial charge in [0.15, 0.2) is 5.82 Å². The number of para-hydroxylation sites is 1. The number of aromatic nitrogens is 4. The van der Waals surface area contributed by atoms with E-state index >= 15 is 0 Å². The third-order valence-corrected chi connectivity index (χ3v) is 4.71. The number of rotatable bonds is 2. The van der Waals surface area contributed by atoms with Crippen LogP contribution < -0.4 is 10.1 Å². The number of benzene rings is 1. The molecule has 1 amide bonds. The number of carbonyl (C=O) groups excluding carboxylic acids is 1. The standard InChI is InChI=1S/C16H20N6O2/c1-21-19-14(18-20-21)10-22-8-6-16(7-9-22)11-17-15(23)12-4-2-3-5-13(12)24-16/h2-5H,6-11H2,1H3,(H,17,23). The second-order valence-electron chi connectivity index (χ2n) is 6.44. The number of aryl methyl sites for hydroxylation is 1. The summed E-state index contributed by atoms with van der Waals surface area (Å²) in [7, 11) is 1.77. The second kappa shape index (κ2) is 5.86. The van der Waals surface area contributed by atoms with Gasteiger partial charge in [0, 0.05) is 25.9 Å². The van der Waals surface area contributed by atoms with E-state index in [0.717, 1.165) is 31.8 Å². The van der Waals surface area contributed by atoms with Crippen molar-refractivity contribution in [2.24, 2.45) is 7.05 Å². The maximum absolute atomic E-state index is 12.2. The third-order valence-electron chi connectivity index (χ3n) is 4.71. The summed E-state index contributed by atoms with van der Waals surface area (Å²) in [5, 5.41) is 15.1. The van der Waals surface area contributed by atoms with Gasteiger partial charge in [-0.3, -0.25) is 9.69 Å². The predicted octanol–water partition coefficient (Wildman–Crippen LogP) is 0.367. The van der Waals surface area contributed by atoms with E-state index in [4.69, 9.17) is 4.74 Å². The fourth-order valence-electron chi connectivity index (χ4n) is 3.33. The van der Waals surface area contributed by atoms with Crippen molar-refractivity contribution in [3.05, 3.63) is 35.7 Å². The molecule has 1 aromatic heterocycles. The summed E-state index contributed by atoms with van der Waals surface area (Å²) in [6, 6.07) is 7.44. The highest BCUT2D eigenvalue weighted by Crippen LogP contribution is 2.32. The Hall–Kier alpha value is -2.48. The lowest BCUT2D eigenvalue weighted by Crippen LogP contribution is -2.53. The molecule has 0 radical (unpaired) electrons. The van der Waals surface area contributed by atoms with E-state index in [1.165, 1.54) is 4.80 Å². The molecule has 4 rings (SSSR count). The summed E-state index contributed by atoms with van der Waals surface area (Å²) in [4.78, 5) is 16.0. The maximum Gasteiger partial charge on any atom is 0.255 e. The first-order valence-electron chi connectivity index (χ1n) is 8.15. The molecule has 0 unspecified atom stereocenters. The number of piperidine rings is 1. The summed E-state index contributed by atoms with van der Waals surface area (Å²) in [6.07, 6.45) is 1.70. The van der Waals surface area contributed by atoms with Gasteiger partial charge in [-0.2, -0.15) is 4.80 Å². The van der Waals surface area contributed by atoms with E-state index in [-0.39, 0.29) is 11.5 Å². The SMILES string of the molecule is Cn1nnc(CN2CCC3(CC2)CNC(=O)c2ccccc2O3)n1. The third kappa shape index (κ3) is 2.84. The van der Waals surface area contributed by atoms with Gasteiger partial charge < -0.3 is 10.1 Å². The van der Waals surface area contributed by atoms with Gasteiger partial charge in [-0.15, -0.1) is 10.2 Å². The molecular formula is C16H20N6O2. The zero-order valence-electron chi connectivity index (χ0n) is 13.6. The van der Waals surface area contributed by atoms with Crippen LogP contribution in [0.4, 0.5) is 0 Å². The topological polar surface area (TPSA) is 85.2 Å². The Morgan fingerprint density at radius 1 is 1.29 bits per heavy atom. The molecule has 8 heteroatoms. The zero-order valence-corrected chi connectivity index (χ0v) is 13.6. The molecule has 24 heavy (non-hydrogen) atoms. The number of amides is 1. The molecule has 2 aliphatic rings. The minimum Gasteiger partial charge on any atom is -0.485 e. The van der Waals surface area contributed by atoms with Gasteiger partial charge >= 0.3 is 0 Å². The Morgan fingerprint density at radius 3 is 2.83 bits per heavy atom. The highest BCUT2D eigenvalue weighted by Gasteiger charge is 2.40. The molecule has 8 nitrogen and oxygen atoms in total. The predicted molar refractivity (Wildman–Crippen MR) is 85.4 cm³/mol. The average Bonchev–Trinajstić information content (AvgIpc) is 2.94. The van der Waals surface area contributed by atoms with Gasteiger partial charge in [0.05, 0.1) is 25.7 Å². The highest BCUT2D eigenvalue weighted by atomic mass is 16.5. The summed E-state index contributed by atoms with van der Waals surface area (Å²) in [5.41, 5.74) is 0.273. The Morgan fingerprint density at radius 2 is 2.08 bits per heavy atom. The van der Waals surface area contributed by atoms with Crippen LogP contribution >= 0.6 is 0 Å². The van der Waals surface area contributed by atoms with Crippen molar-refractivity contribution in [3.63, 3.8) is 0 Å². The van der Waals surface area contributed by atoms with Crippen molar-refractivity contribution in [3.8, 4) is 5.75 Å². The van der Waals surface area contributed by atoms with Gasteiger partial charge in [0.2, 0.25) is 0 Å². The molecule has 1 fully saturated rings. The summed E-state index contributed by atoms with van der Waals surface area (Å²) < 4.78 is 6.30. The number of nitrogens with zero attached hydrogens (tertiary/aromatic N) is 5. The normalized spacial score (nSPS) is 20.1. The molecule has 0 saturated carbocycles. The first kappa shape index (κ1) is 15.1. The lowest BCUT2D eigenvalue weighted by molar-refractivity contribution is 0.00331. The number of carbonyl (C=O) groups is 1. The lowest BCUT2D eigenvalue weighted by Gasteiger charge is -2.40. The first-order valence-corrected chi connectivity index (χ1v) is 8.15. The number of ether oxygens (including phenoxy) is 1. The van der Waals surface area contributed by atoms with E-state index in [0.29, 0.717) is 24.4 Å². The van der Waals surface area contributed by atoms with Crippen molar-refractivity contribution < 1.29 is 9.53 Å². The van der Waals surface area contributed by atoms with Crippen molar-refractivity contribution in [2.75, 3.05) is 19.6 Å². The van der Waals surface area contributed by atoms with E-state index in [9.17, 15) is 4.79 Å². The van der Waals surface area contributed by atoms with E-state index in [1.54, 1.807) is 13.1 Å². The Kier molecular flexibility index (Phi) is 3.68. The molecule has 1 spiro atoms. The van der Waals surface area contributed by atoms with Crippen LogP contribution in [0, 0.1) is 0 Å². The molecule has 2 aliphatic heterocycles. The molecule has 1 saturated heterocycles. The van der Waals surface area contributed by atoms with Gasteiger partial charge in [-0.05, 0) is 17.3 Å². The van der Waals surface area contributed by atoms with Gasteiger partial charge in [-0.1, -0.05) is 12.1 Å². The molecule has 3 heterocycles. The molecular weight excluding hydrogens is 308 g/mol. The fraction of sp³-hybridized carbons (Fsp3) is 0.500. The molecule has 0 bridgehead atoms. The number of hydrogen-bond donors (Lipinski definition) is 1. The minimum absolute atomic E-state index is 0.0614. The van der Waals surface area contributed by atoms with Crippen molar-refractivity contribution in [1.82, 2.24) is 30.4 Å². The molecule has 1 aromatic carbocycles. The summed E-state index contributed by atoms with van der Waals surface area (Å²) >= 11 is 0. The van der Waals surface area contributed by atoms with Crippen LogP contribution in [0.5, 0.6) is 5.75 Å². The zero-order chi connectivity index (χ0) is 16.6. The first-order chi connectivity index (χ1) is 11.6. The monoisotopic (exact) mass is 328 g/mol. The smallest absolute Gasteiger partial charge is 0.255 e. The molecule has 0 atom stereocenters. The van der Waals surface area contributed by atoms with Crippen molar-refractivity contribution in [2.45, 2.75) is 25.0 Å². The number of likely N-dealkylation sites (tertiary alicyclic amines) is 1. The Balaban J connectivity index is 1.45. The van der Waals surface area contributed by atoms with Crippen LogP contribution in [0.2, 0.25) is 0 Å². The number of nitrogens with one attached hydrogen (secondary N) is 1. The number of fused-ring (bicyclic) bond motifs is 1. The quantitative estimate of drug-likeness (QED) is 0.857. The van der Waals surface area contributed by atoms with Gasteiger partial charge in [-0.25, -0.2) is 0 Å². The average molecular weight is 328 g/mol.